The van der Waals surface area contributed by atoms with Gasteiger partial charge in [-0.3, -0.25) is 14.4 Å². The molecule has 0 spiro atoms. The van der Waals surface area contributed by atoms with Crippen molar-refractivity contribution in [3.8, 4) is 0 Å². The number of methoxy groups -OCH3 is 2. The predicted octanol–water partition coefficient (Wildman–Crippen LogP) is 0.267. The molecule has 3 N–H and O–H groups in total. The average Bonchev–Trinajstić information content (AvgIpc) is 3.60. The maximum absolute atomic E-state index is 12.7. The summed E-state index contributed by atoms with van der Waals surface area (Å²) in [5.74, 6) is -2.41. The van der Waals surface area contributed by atoms with Gasteiger partial charge in [-0.15, -0.1) is 0 Å². The van der Waals surface area contributed by atoms with Crippen molar-refractivity contribution in [2.45, 2.75) is 38.1 Å². The Labute approximate surface area is 299 Å². The van der Waals surface area contributed by atoms with Crippen LogP contribution in [0.2, 0.25) is 0 Å². The zero-order valence-corrected chi connectivity index (χ0v) is 30.6. The summed E-state index contributed by atoms with van der Waals surface area (Å²) in [5.41, 5.74) is 0. The zero-order valence-electron chi connectivity index (χ0n) is 27.7. The molecule has 0 aromatic carbocycles. The van der Waals surface area contributed by atoms with Gasteiger partial charge in [0.05, 0.1) is 51.5 Å². The average molecular weight is 868 g/mol. The number of amides is 7. The van der Waals surface area contributed by atoms with Gasteiger partial charge in [-0.25, -0.2) is 16.1 Å². The van der Waals surface area contributed by atoms with E-state index in [0.717, 1.165) is 29.2 Å². The van der Waals surface area contributed by atoms with Gasteiger partial charge in [-0.1, -0.05) is 6.54 Å². The van der Waals surface area contributed by atoms with Gasteiger partial charge in [0.1, 0.15) is 6.04 Å². The third-order valence-corrected chi connectivity index (χ3v) is 6.00. The Morgan fingerprint density at radius 3 is 1.80 bits per heavy atom. The van der Waals surface area contributed by atoms with E-state index < -0.39 is 47.8 Å². The molecule has 0 radical (unpaired) electrons. The van der Waals surface area contributed by atoms with Crippen molar-refractivity contribution in [3.05, 3.63) is 36.2 Å². The molecule has 0 aliphatic carbocycles. The number of hydrogen-bond acceptors (Lipinski definition) is 13. The van der Waals surface area contributed by atoms with Crippen molar-refractivity contribution < 1.29 is 83.0 Å². The number of carbonyl (C=O) groups excluding carboxylic acids is 7. The van der Waals surface area contributed by atoms with Crippen LogP contribution in [-0.4, -0.2) is 133 Å². The molecule has 0 saturated carbocycles. The molecule has 19 heteroatoms. The Bertz CT molecular complexity index is 1070. The second-order valence-corrected chi connectivity index (χ2v) is 9.76. The molecule has 0 bridgehead atoms. The Hall–Kier alpha value is -3.70. The number of unbranched alkanes of at least 4 members (excludes halogenated alkanes) is 1. The number of imide groups is 2. The number of carbonyl (C=O) groups is 7. The van der Waals surface area contributed by atoms with E-state index in [0.29, 0.717) is 71.9 Å². The number of nitrogens with zero attached hydrogens (tertiary/aromatic N) is 2. The molecule has 0 fully saturated rings. The maximum Gasteiger partial charge on any atom is 2.00 e. The third kappa shape index (κ3) is 23.3. The standard InChI is InChI=1S/C26H43N4O11.C4H3NO2.W/c1-36-17-19-38-13-5-15-40-25(34)28-10-4-3-7-21(29-26(35)41-16-6-14-39-20-18-37-2)24(33)27-11-12-30-22(31)8-9-23(30)32;6-3-1-2-4(7)5-3;/h8-9,11,21H,3-7,10,12-20H2,1-2H3,(H,27,33)(H,28,34)(H,29,35);1-2H,(H,5,6,7);/q-1;;+2/p-1. The predicted molar refractivity (Wildman–Crippen MR) is 167 cm³/mol. The largest absolute Gasteiger partial charge is 2.00 e. The Balaban J connectivity index is 0.00000254. The number of nitrogens with one attached hydrogen (secondary N) is 3. The van der Waals surface area contributed by atoms with Crippen LogP contribution in [0.25, 0.3) is 5.32 Å². The third-order valence-electron chi connectivity index (χ3n) is 6.00. The number of hydrogen-bond donors (Lipinski definition) is 3. The van der Waals surface area contributed by atoms with E-state index in [2.05, 4.69) is 21.3 Å². The smallest absolute Gasteiger partial charge is 0.589 e. The summed E-state index contributed by atoms with van der Waals surface area (Å²) in [4.78, 5) is 81.0. The Morgan fingerprint density at radius 2 is 1.29 bits per heavy atom. The molecular weight excluding hydrogens is 822 g/mol. The fourth-order valence-electron chi connectivity index (χ4n) is 3.58. The van der Waals surface area contributed by atoms with E-state index in [1.165, 1.54) is 6.54 Å². The summed E-state index contributed by atoms with van der Waals surface area (Å²) >= 11 is 0. The van der Waals surface area contributed by atoms with Crippen LogP contribution in [-0.2, 0) is 73.5 Å². The first-order valence-corrected chi connectivity index (χ1v) is 15.3. The fraction of sp³-hybridized carbons (Fsp3) is 0.600. The zero-order chi connectivity index (χ0) is 35.4. The number of alkyl carbamates (subject to hydrolysis) is 2. The van der Waals surface area contributed by atoms with Crippen molar-refractivity contribution in [2.24, 2.45) is 0 Å². The summed E-state index contributed by atoms with van der Waals surface area (Å²) in [6.45, 7) is 4.48. The summed E-state index contributed by atoms with van der Waals surface area (Å²) < 4.78 is 30.5. The minimum atomic E-state index is -0.954. The first kappa shape index (κ1) is 45.3. The molecule has 0 aromatic heterocycles. The molecule has 1 unspecified atom stereocenters. The number of rotatable bonds is 24. The molecule has 1 atom stereocenters. The van der Waals surface area contributed by atoms with E-state index in [-0.39, 0.29) is 47.2 Å². The van der Waals surface area contributed by atoms with E-state index in [1.54, 1.807) is 14.2 Å². The second kappa shape index (κ2) is 29.2. The summed E-state index contributed by atoms with van der Waals surface area (Å²) in [5, 5.41) is 10.7. The second-order valence-electron chi connectivity index (χ2n) is 9.76. The SMILES string of the molecule is COCCOCCCOC(=O)NCCCCC(NC(=O)OCCCOCCOC)C(=O)N[CH-]CN1C(=O)C=CC1=O.O=C1C=CC(=O)[N-]1.[W+2]. The van der Waals surface area contributed by atoms with Crippen LogP contribution >= 0.6 is 0 Å². The van der Waals surface area contributed by atoms with Crippen molar-refractivity contribution in [1.82, 2.24) is 20.9 Å². The van der Waals surface area contributed by atoms with Crippen LogP contribution in [0.3, 0.4) is 0 Å². The minimum Gasteiger partial charge on any atom is -0.589 e. The molecule has 274 valence electrons. The normalized spacial score (nSPS) is 13.6. The van der Waals surface area contributed by atoms with E-state index in [1.807, 2.05) is 0 Å². The summed E-state index contributed by atoms with van der Waals surface area (Å²) in [6.07, 6.45) is 5.50. The molecule has 0 aromatic rings. The minimum absolute atomic E-state index is 0. The monoisotopic (exact) mass is 867 g/mol. The molecule has 2 rings (SSSR count). The van der Waals surface area contributed by atoms with Gasteiger partial charge in [0, 0.05) is 59.0 Å². The van der Waals surface area contributed by atoms with Gasteiger partial charge in [-0.2, -0.15) is 0 Å². The molecule has 7 amide bonds. The molecule has 2 heterocycles. The molecule has 2 aliphatic rings. The van der Waals surface area contributed by atoms with E-state index in [4.69, 9.17) is 28.4 Å². The van der Waals surface area contributed by atoms with Gasteiger partial charge < -0.3 is 64.2 Å². The summed E-state index contributed by atoms with van der Waals surface area (Å²) in [7, 11) is 3.16. The quantitative estimate of drug-likeness (QED) is 0.0674. The topological polar surface area (TPSA) is 228 Å². The first-order valence-electron chi connectivity index (χ1n) is 15.3. The van der Waals surface area contributed by atoms with Gasteiger partial charge in [0.15, 0.2) is 0 Å². The fourth-order valence-corrected chi connectivity index (χ4v) is 3.58. The Morgan fingerprint density at radius 1 is 0.735 bits per heavy atom. The van der Waals surface area contributed by atoms with Gasteiger partial charge >= 0.3 is 33.3 Å². The van der Waals surface area contributed by atoms with Crippen molar-refractivity contribution in [1.29, 1.82) is 0 Å². The molecule has 49 heavy (non-hydrogen) atoms. The van der Waals surface area contributed by atoms with Crippen LogP contribution < -0.4 is 16.0 Å². The van der Waals surface area contributed by atoms with Crippen LogP contribution in [0.5, 0.6) is 0 Å². The molecule has 0 saturated heterocycles. The van der Waals surface area contributed by atoms with Gasteiger partial charge in [-0.05, 0) is 31.4 Å². The molecular formula is C30H45N5O13W. The van der Waals surface area contributed by atoms with Crippen molar-refractivity contribution >= 4 is 41.7 Å². The summed E-state index contributed by atoms with van der Waals surface area (Å²) in [6, 6.07) is -0.954. The van der Waals surface area contributed by atoms with Crippen molar-refractivity contribution in [3.63, 3.8) is 0 Å². The van der Waals surface area contributed by atoms with Crippen LogP contribution in [0.15, 0.2) is 24.3 Å². The maximum atomic E-state index is 12.7. The van der Waals surface area contributed by atoms with Gasteiger partial charge in [0.2, 0.25) is 5.91 Å². The van der Waals surface area contributed by atoms with E-state index in [9.17, 15) is 33.6 Å². The van der Waals surface area contributed by atoms with Crippen LogP contribution in [0.4, 0.5) is 9.59 Å². The van der Waals surface area contributed by atoms with Gasteiger partial charge in [0.25, 0.3) is 11.8 Å². The van der Waals surface area contributed by atoms with Crippen LogP contribution in [0, 0.1) is 6.54 Å². The van der Waals surface area contributed by atoms with Crippen molar-refractivity contribution in [2.75, 3.05) is 80.2 Å². The Kier molecular flexibility index (Phi) is 27.0. The molecule has 18 nitrogen and oxygen atoms in total. The van der Waals surface area contributed by atoms with E-state index >= 15 is 0 Å². The number of ether oxygens (including phenoxy) is 6. The van der Waals surface area contributed by atoms with Crippen LogP contribution in [0.1, 0.15) is 32.1 Å². The molecule has 2 aliphatic heterocycles. The first-order chi connectivity index (χ1) is 23.2.